The molecule has 3 rings (SSSR count). The Balaban J connectivity index is 1.79. The average molecular weight is 383 g/mol. The summed E-state index contributed by atoms with van der Waals surface area (Å²) in [6.45, 7) is 1.39. The van der Waals surface area contributed by atoms with Crippen molar-refractivity contribution in [3.8, 4) is 0 Å². The van der Waals surface area contributed by atoms with Crippen molar-refractivity contribution < 1.29 is 23.4 Å². The minimum absolute atomic E-state index is 0.129. The fraction of sp³-hybridized carbons (Fsp3) is 0.400. The number of rotatable bonds is 2. The maximum atomic E-state index is 12.1. The molecule has 0 spiro atoms. The number of carbonyl (C=O) groups is 3. The first-order chi connectivity index (χ1) is 12.0. The number of nitrogens with zero attached hydrogens (tertiary/aromatic N) is 2. The van der Waals surface area contributed by atoms with Gasteiger partial charge in [0.25, 0.3) is 0 Å². The summed E-state index contributed by atoms with van der Waals surface area (Å²) in [6, 6.07) is 5.25. The van der Waals surface area contributed by atoms with Crippen LogP contribution in [0.1, 0.15) is 23.2 Å². The van der Waals surface area contributed by atoms with Crippen molar-refractivity contribution in [2.75, 3.05) is 29.9 Å². The van der Waals surface area contributed by atoms with E-state index in [0.717, 1.165) is 18.5 Å². The average Bonchev–Trinajstić information content (AvgIpc) is 2.65. The lowest BCUT2D eigenvalue weighted by molar-refractivity contribution is -0.115. The normalized spacial score (nSPS) is 17.6. The van der Waals surface area contributed by atoms with Crippen molar-refractivity contribution in [2.45, 2.75) is 18.9 Å². The van der Waals surface area contributed by atoms with Gasteiger partial charge in [0, 0.05) is 19.1 Å². The monoisotopic (exact) mass is 383 g/mol. The Morgan fingerprint density at radius 2 is 1.88 bits per heavy atom. The number of nitrogens with one attached hydrogen (secondary N) is 1. The lowest BCUT2D eigenvalue weighted by atomic mass is 10.0. The molecule has 2 amide bonds. The second-order valence-corrected chi connectivity index (χ2v) is 6.39. The zero-order chi connectivity index (χ0) is 18.0. The van der Waals surface area contributed by atoms with Crippen LogP contribution < -0.4 is 10.2 Å². The number of anilines is 2. The van der Waals surface area contributed by atoms with Crippen molar-refractivity contribution in [3.63, 3.8) is 0 Å². The Morgan fingerprint density at radius 3 is 2.52 bits per heavy atom. The highest BCUT2D eigenvalue weighted by Crippen LogP contribution is 2.34. The van der Waals surface area contributed by atoms with Crippen LogP contribution in [-0.2, 0) is 13.8 Å². The van der Waals surface area contributed by atoms with Gasteiger partial charge in [0.1, 0.15) is 0 Å². The zero-order valence-corrected chi connectivity index (χ0v) is 15.7. The number of amides is 2. The van der Waals surface area contributed by atoms with E-state index >= 15 is 0 Å². The lowest BCUT2D eigenvalue weighted by Gasteiger charge is -2.41. The Labute approximate surface area is 149 Å². The van der Waals surface area contributed by atoms with Gasteiger partial charge in [-0.1, -0.05) is 0 Å². The molecule has 10 heteroatoms. The van der Waals surface area contributed by atoms with Crippen LogP contribution in [0.3, 0.4) is 0 Å². The lowest BCUT2D eigenvalue weighted by Crippen LogP contribution is -2.50. The number of piperidine rings is 1. The van der Waals surface area contributed by atoms with Crippen molar-refractivity contribution >= 4 is 48.3 Å². The Morgan fingerprint density at radius 1 is 1.16 bits per heavy atom. The summed E-state index contributed by atoms with van der Waals surface area (Å²) in [6.07, 6.45) is 1.12. The maximum absolute atomic E-state index is 12.1. The highest BCUT2D eigenvalue weighted by Gasteiger charge is 2.32. The summed E-state index contributed by atoms with van der Waals surface area (Å²) in [5, 5.41) is 2.80. The van der Waals surface area contributed by atoms with Crippen LogP contribution in [0.4, 0.5) is 16.2 Å². The van der Waals surface area contributed by atoms with Crippen molar-refractivity contribution in [1.82, 2.24) is 4.90 Å². The van der Waals surface area contributed by atoms with E-state index in [2.05, 4.69) is 14.4 Å². The van der Waals surface area contributed by atoms with Gasteiger partial charge in [0.15, 0.2) is 0 Å². The number of hydrogen-bond donors (Lipinski definition) is 1. The summed E-state index contributed by atoms with van der Waals surface area (Å²) in [4.78, 5) is 39.0. The fourth-order valence-electron chi connectivity index (χ4n) is 3.27. The number of benzene rings is 1. The number of fused-ring (bicyclic) bond motifs is 1. The van der Waals surface area contributed by atoms with Crippen LogP contribution in [-0.4, -0.2) is 48.5 Å². The van der Waals surface area contributed by atoms with Gasteiger partial charge in [-0.05, 0) is 31.0 Å². The predicted molar refractivity (Wildman–Crippen MR) is 98.3 cm³/mol. The predicted octanol–water partition coefficient (Wildman–Crippen LogP) is 1.78. The van der Waals surface area contributed by atoms with E-state index < -0.39 is 5.97 Å². The van der Waals surface area contributed by atoms with Gasteiger partial charge in [0.2, 0.25) is 5.91 Å². The molecule has 2 atom stereocenters. The van der Waals surface area contributed by atoms with Crippen LogP contribution in [0, 0.1) is 0 Å². The van der Waals surface area contributed by atoms with Gasteiger partial charge in [-0.15, -0.1) is 0 Å². The van der Waals surface area contributed by atoms with Crippen LogP contribution in [0.2, 0.25) is 0 Å². The van der Waals surface area contributed by atoms with Gasteiger partial charge in [0.05, 0.1) is 42.4 Å². The van der Waals surface area contributed by atoms with E-state index in [1.807, 2.05) is 29.9 Å². The van der Waals surface area contributed by atoms with Gasteiger partial charge in [-0.25, -0.2) is 9.59 Å². The fourth-order valence-corrected chi connectivity index (χ4v) is 3.56. The minimum atomic E-state index is -0.483. The molecule has 1 saturated heterocycles. The number of likely N-dealkylation sites (tertiary alicyclic amines) is 1. The van der Waals surface area contributed by atoms with Gasteiger partial charge in [-0.3, -0.25) is 4.79 Å². The van der Waals surface area contributed by atoms with Crippen molar-refractivity contribution in [2.24, 2.45) is 0 Å². The standard InChI is InChI=1S/C15H19N3O5P2/c19-13-8-18(10-3-5-17(6-4-10)15(21)23-25)12-2-1-9(14(20)22-24)7-11(12)16-13/h1-2,7,10H,3-6,8,24-25H2,(H,16,19). The third kappa shape index (κ3) is 3.70. The van der Waals surface area contributed by atoms with Gasteiger partial charge in [-0.2, -0.15) is 0 Å². The van der Waals surface area contributed by atoms with E-state index in [-0.39, 0.29) is 24.6 Å². The van der Waals surface area contributed by atoms with E-state index in [1.165, 1.54) is 0 Å². The van der Waals surface area contributed by atoms with Gasteiger partial charge < -0.3 is 24.2 Å². The molecule has 25 heavy (non-hydrogen) atoms. The summed E-state index contributed by atoms with van der Waals surface area (Å²) in [5.41, 5.74) is 1.83. The van der Waals surface area contributed by atoms with Gasteiger partial charge >= 0.3 is 12.1 Å². The molecule has 0 bridgehead atoms. The van der Waals surface area contributed by atoms with E-state index in [9.17, 15) is 14.4 Å². The Kier molecular flexibility index (Phi) is 5.40. The quantitative estimate of drug-likeness (QED) is 0.784. The van der Waals surface area contributed by atoms with Crippen LogP contribution in [0.15, 0.2) is 18.2 Å². The van der Waals surface area contributed by atoms with Crippen molar-refractivity contribution in [1.29, 1.82) is 0 Å². The molecule has 8 nitrogen and oxygen atoms in total. The molecule has 0 radical (unpaired) electrons. The first-order valence-electron chi connectivity index (χ1n) is 7.80. The van der Waals surface area contributed by atoms with Crippen LogP contribution in [0.25, 0.3) is 0 Å². The smallest absolute Gasteiger partial charge is 0.411 e. The molecule has 0 aliphatic carbocycles. The summed E-state index contributed by atoms with van der Waals surface area (Å²) >= 11 is 0. The molecule has 1 fully saturated rings. The third-order valence-corrected chi connectivity index (χ3v) is 4.92. The molecule has 2 heterocycles. The largest absolute Gasteiger partial charge is 0.448 e. The number of carbonyl (C=O) groups excluding carboxylic acids is 3. The molecule has 1 aromatic rings. The van der Waals surface area contributed by atoms with E-state index in [4.69, 9.17) is 0 Å². The molecular weight excluding hydrogens is 364 g/mol. The molecule has 2 aliphatic heterocycles. The minimum Gasteiger partial charge on any atom is -0.448 e. The first kappa shape index (κ1) is 17.9. The summed E-state index contributed by atoms with van der Waals surface area (Å²) in [5.74, 6) is -0.612. The molecule has 0 aromatic heterocycles. The van der Waals surface area contributed by atoms with Crippen molar-refractivity contribution in [3.05, 3.63) is 23.8 Å². The maximum Gasteiger partial charge on any atom is 0.411 e. The van der Waals surface area contributed by atoms with Crippen LogP contribution in [0.5, 0.6) is 0 Å². The molecule has 134 valence electrons. The molecule has 2 aliphatic rings. The zero-order valence-electron chi connectivity index (χ0n) is 13.4. The molecule has 1 N–H and O–H groups in total. The highest BCUT2D eigenvalue weighted by molar-refractivity contribution is 7.11. The van der Waals surface area contributed by atoms with E-state index in [1.54, 1.807) is 17.0 Å². The van der Waals surface area contributed by atoms with E-state index in [0.29, 0.717) is 24.3 Å². The Hall–Kier alpha value is -1.91. The molecule has 0 saturated carbocycles. The molecular formula is C15H19N3O5P2. The van der Waals surface area contributed by atoms with Crippen LogP contribution >= 0.6 is 18.9 Å². The molecule has 2 unspecified atom stereocenters. The summed E-state index contributed by atoms with van der Waals surface area (Å²) in [7, 11) is 3.88. The topological polar surface area (TPSA) is 88.2 Å². The third-order valence-electron chi connectivity index (χ3n) is 4.50. The summed E-state index contributed by atoms with van der Waals surface area (Å²) < 4.78 is 9.31. The number of hydrogen-bond acceptors (Lipinski definition) is 6. The SMILES string of the molecule is O=C1CN(C2CCN(C(=O)OP)CC2)c2ccc(C(=O)OP)cc2N1. The second kappa shape index (κ2) is 7.54. The second-order valence-electron chi connectivity index (χ2n) is 5.92. The highest BCUT2D eigenvalue weighted by atomic mass is 31.0. The molecule has 1 aromatic carbocycles. The first-order valence-corrected chi connectivity index (χ1v) is 8.75. The Bertz CT molecular complexity index is 706.